The monoisotopic (exact) mass is 401 g/mol. The topological polar surface area (TPSA) is 38.3 Å². The number of hydrogen-bond donors (Lipinski definition) is 1. The van der Waals surface area contributed by atoms with Crippen LogP contribution >= 0.6 is 34.2 Å². The molecule has 0 spiro atoms. The van der Waals surface area contributed by atoms with Crippen molar-refractivity contribution in [3.63, 3.8) is 0 Å². The average molecular weight is 402 g/mol. The van der Waals surface area contributed by atoms with Crippen LogP contribution in [-0.2, 0) is 4.79 Å². The minimum absolute atomic E-state index is 0.0823. The lowest BCUT2D eigenvalue weighted by Gasteiger charge is -2.09. The molecule has 2 aromatic carbocycles. The van der Waals surface area contributed by atoms with E-state index < -0.39 is 0 Å². The Morgan fingerprint density at radius 3 is 2.65 bits per heavy atom. The highest BCUT2D eigenvalue weighted by Crippen LogP contribution is 2.22. The smallest absolute Gasteiger partial charge is 0.227 e. The summed E-state index contributed by atoms with van der Waals surface area (Å²) in [6, 6.07) is 14.8. The van der Waals surface area contributed by atoms with E-state index in [1.807, 2.05) is 30.3 Å². The molecule has 2 aromatic rings. The van der Waals surface area contributed by atoms with Gasteiger partial charge in [0.1, 0.15) is 5.75 Å². The van der Waals surface area contributed by atoms with E-state index in [0.717, 1.165) is 15.0 Å². The van der Waals surface area contributed by atoms with Crippen LogP contribution in [0.25, 0.3) is 0 Å². The zero-order chi connectivity index (χ0) is 14.4. The molecule has 0 aliphatic heterocycles. The molecule has 104 valence electrons. The normalized spacial score (nSPS) is 10.1. The Kier molecular flexibility index (Phi) is 5.67. The van der Waals surface area contributed by atoms with Crippen molar-refractivity contribution in [2.45, 2.75) is 6.42 Å². The fourth-order valence-electron chi connectivity index (χ4n) is 1.58. The molecule has 0 aliphatic carbocycles. The summed E-state index contributed by atoms with van der Waals surface area (Å²) in [7, 11) is 0. The molecule has 1 N–H and O–H groups in total. The average Bonchev–Trinajstić information content (AvgIpc) is 2.43. The van der Waals surface area contributed by atoms with Crippen LogP contribution in [0.4, 0.5) is 5.69 Å². The van der Waals surface area contributed by atoms with E-state index in [-0.39, 0.29) is 5.91 Å². The Hall–Kier alpha value is -1.27. The first kappa shape index (κ1) is 15.1. The van der Waals surface area contributed by atoms with Gasteiger partial charge in [0, 0.05) is 8.59 Å². The van der Waals surface area contributed by atoms with E-state index in [1.54, 1.807) is 18.2 Å². The second-order valence-electron chi connectivity index (χ2n) is 4.08. The maximum absolute atomic E-state index is 11.8. The number of amides is 1. The van der Waals surface area contributed by atoms with E-state index in [2.05, 4.69) is 27.9 Å². The molecular formula is C15H13ClINO2. The van der Waals surface area contributed by atoms with Gasteiger partial charge in [0.2, 0.25) is 5.91 Å². The van der Waals surface area contributed by atoms with Gasteiger partial charge in [-0.25, -0.2) is 0 Å². The van der Waals surface area contributed by atoms with E-state index in [9.17, 15) is 4.79 Å². The fourth-order valence-corrected chi connectivity index (χ4v) is 2.59. The second-order valence-corrected chi connectivity index (χ2v) is 5.68. The molecule has 0 unspecified atom stereocenters. The highest BCUT2D eigenvalue weighted by atomic mass is 127. The number of halogens is 2. The van der Waals surface area contributed by atoms with Crippen LogP contribution in [0.5, 0.6) is 5.75 Å². The lowest BCUT2D eigenvalue weighted by molar-refractivity contribution is -0.116. The maximum atomic E-state index is 11.8. The van der Waals surface area contributed by atoms with E-state index in [0.29, 0.717) is 18.1 Å². The summed E-state index contributed by atoms with van der Waals surface area (Å²) in [5, 5.41) is 3.49. The molecule has 0 radical (unpaired) electrons. The molecule has 0 atom stereocenters. The van der Waals surface area contributed by atoms with Gasteiger partial charge in [-0.15, -0.1) is 0 Å². The van der Waals surface area contributed by atoms with Crippen molar-refractivity contribution in [1.29, 1.82) is 0 Å². The van der Waals surface area contributed by atoms with Crippen molar-refractivity contribution in [3.05, 3.63) is 57.1 Å². The van der Waals surface area contributed by atoms with Crippen LogP contribution in [0.1, 0.15) is 6.42 Å². The van der Waals surface area contributed by atoms with Gasteiger partial charge in [0.15, 0.2) is 0 Å². The lowest BCUT2D eigenvalue weighted by atomic mass is 10.3. The number of benzene rings is 2. The lowest BCUT2D eigenvalue weighted by Crippen LogP contribution is -2.15. The zero-order valence-corrected chi connectivity index (χ0v) is 13.5. The van der Waals surface area contributed by atoms with Crippen LogP contribution in [-0.4, -0.2) is 12.5 Å². The first-order valence-electron chi connectivity index (χ1n) is 6.08. The third kappa shape index (κ3) is 4.68. The minimum atomic E-state index is -0.0823. The number of rotatable bonds is 5. The number of para-hydroxylation sites is 1. The molecule has 0 saturated heterocycles. The molecule has 5 heteroatoms. The first-order chi connectivity index (χ1) is 9.65. The van der Waals surface area contributed by atoms with Crippen molar-refractivity contribution in [2.24, 2.45) is 0 Å². The summed E-state index contributed by atoms with van der Waals surface area (Å²) >= 11 is 8.00. The molecule has 0 aromatic heterocycles. The highest BCUT2D eigenvalue weighted by Gasteiger charge is 2.06. The Balaban J connectivity index is 1.81. The largest absolute Gasteiger partial charge is 0.493 e. The molecule has 0 aliphatic rings. The van der Waals surface area contributed by atoms with Gasteiger partial charge < -0.3 is 10.1 Å². The Morgan fingerprint density at radius 1 is 1.20 bits per heavy atom. The molecule has 2 rings (SSSR count). The molecular weight excluding hydrogens is 389 g/mol. The van der Waals surface area contributed by atoms with Gasteiger partial charge in [-0.2, -0.15) is 0 Å². The third-order valence-corrected chi connectivity index (χ3v) is 3.67. The number of carbonyl (C=O) groups excluding carboxylic acids is 1. The van der Waals surface area contributed by atoms with Gasteiger partial charge in [-0.05, 0) is 52.9 Å². The predicted molar refractivity (Wildman–Crippen MR) is 89.4 cm³/mol. The molecule has 1 amide bonds. The molecule has 0 saturated carbocycles. The molecule has 3 nitrogen and oxygen atoms in total. The molecule has 0 bridgehead atoms. The van der Waals surface area contributed by atoms with Crippen molar-refractivity contribution < 1.29 is 9.53 Å². The predicted octanol–water partition coefficient (Wildman–Crippen LogP) is 4.35. The van der Waals surface area contributed by atoms with Crippen LogP contribution in [0, 0.1) is 3.57 Å². The number of nitrogens with one attached hydrogen (secondary N) is 1. The second kappa shape index (κ2) is 7.50. The Morgan fingerprint density at radius 2 is 1.95 bits per heavy atom. The van der Waals surface area contributed by atoms with Crippen molar-refractivity contribution in [1.82, 2.24) is 0 Å². The summed E-state index contributed by atoms with van der Waals surface area (Å²) in [4.78, 5) is 11.8. The quantitative estimate of drug-likeness (QED) is 0.756. The first-order valence-corrected chi connectivity index (χ1v) is 7.53. The van der Waals surface area contributed by atoms with Crippen LogP contribution in [0.2, 0.25) is 5.02 Å². The van der Waals surface area contributed by atoms with Gasteiger partial charge in [0.05, 0.1) is 18.7 Å². The summed E-state index contributed by atoms with van der Waals surface area (Å²) in [5.41, 5.74) is 0.764. The summed E-state index contributed by atoms with van der Waals surface area (Å²) in [6.45, 7) is 0.347. The third-order valence-electron chi connectivity index (χ3n) is 2.55. The Bertz CT molecular complexity index is 590. The van der Waals surface area contributed by atoms with Crippen molar-refractivity contribution >= 4 is 45.8 Å². The van der Waals surface area contributed by atoms with Crippen LogP contribution in [0.15, 0.2) is 48.5 Å². The van der Waals surface area contributed by atoms with Gasteiger partial charge >= 0.3 is 0 Å². The zero-order valence-electron chi connectivity index (χ0n) is 10.6. The molecule has 20 heavy (non-hydrogen) atoms. The molecule has 0 heterocycles. The standard InChI is InChI=1S/C15H13ClINO2/c16-11-6-7-14(13(17)10-11)18-15(19)8-9-20-12-4-2-1-3-5-12/h1-7,10H,8-9H2,(H,18,19). The van der Waals surface area contributed by atoms with E-state index in [1.165, 1.54) is 0 Å². The number of hydrogen-bond acceptors (Lipinski definition) is 2. The van der Waals surface area contributed by atoms with E-state index >= 15 is 0 Å². The summed E-state index contributed by atoms with van der Waals surface area (Å²) < 4.78 is 6.39. The highest BCUT2D eigenvalue weighted by molar-refractivity contribution is 14.1. The number of carbonyl (C=O) groups is 1. The minimum Gasteiger partial charge on any atom is -0.493 e. The van der Waals surface area contributed by atoms with Crippen LogP contribution in [0.3, 0.4) is 0 Å². The van der Waals surface area contributed by atoms with Gasteiger partial charge in [-0.3, -0.25) is 4.79 Å². The Labute approximate surface area is 136 Å². The summed E-state index contributed by atoms with van der Waals surface area (Å²) in [6.07, 6.45) is 0.299. The summed E-state index contributed by atoms with van der Waals surface area (Å²) in [5.74, 6) is 0.683. The SMILES string of the molecule is O=C(CCOc1ccccc1)Nc1ccc(Cl)cc1I. The number of anilines is 1. The fraction of sp³-hybridized carbons (Fsp3) is 0.133. The van der Waals surface area contributed by atoms with Gasteiger partial charge in [0.25, 0.3) is 0 Å². The van der Waals surface area contributed by atoms with Crippen molar-refractivity contribution in [3.8, 4) is 5.75 Å². The van der Waals surface area contributed by atoms with Gasteiger partial charge in [-0.1, -0.05) is 29.8 Å². The van der Waals surface area contributed by atoms with Crippen LogP contribution < -0.4 is 10.1 Å². The molecule has 0 fully saturated rings. The number of ether oxygens (including phenoxy) is 1. The van der Waals surface area contributed by atoms with Crippen molar-refractivity contribution in [2.75, 3.05) is 11.9 Å². The maximum Gasteiger partial charge on any atom is 0.227 e. The van der Waals surface area contributed by atoms with E-state index in [4.69, 9.17) is 16.3 Å².